The van der Waals surface area contributed by atoms with E-state index in [2.05, 4.69) is 5.32 Å². The normalized spacial score (nSPS) is 11.9. The SMILES string of the molecule is CC(NC(=O)c1ccc(Cc2ccccc2)o1)c1ccccc1. The van der Waals surface area contributed by atoms with Gasteiger partial charge in [0.25, 0.3) is 5.91 Å². The maximum Gasteiger partial charge on any atom is 0.287 e. The number of carbonyl (C=O) groups excluding carboxylic acids is 1. The average Bonchev–Trinajstić information content (AvgIpc) is 3.05. The second kappa shape index (κ2) is 6.97. The zero-order chi connectivity index (χ0) is 16.1. The predicted octanol–water partition coefficient (Wildman–Crippen LogP) is 4.36. The van der Waals surface area contributed by atoms with Gasteiger partial charge in [-0.3, -0.25) is 4.79 Å². The Bertz CT molecular complexity index is 763. The molecule has 1 aromatic heterocycles. The van der Waals surface area contributed by atoms with Crippen molar-refractivity contribution >= 4 is 5.91 Å². The van der Waals surface area contributed by atoms with Gasteiger partial charge in [-0.05, 0) is 30.2 Å². The van der Waals surface area contributed by atoms with E-state index in [-0.39, 0.29) is 11.9 Å². The van der Waals surface area contributed by atoms with Crippen LogP contribution < -0.4 is 5.32 Å². The minimum atomic E-state index is -0.194. The van der Waals surface area contributed by atoms with Crippen molar-refractivity contribution < 1.29 is 9.21 Å². The molecule has 0 saturated heterocycles. The summed E-state index contributed by atoms with van der Waals surface area (Å²) in [5, 5.41) is 2.96. The van der Waals surface area contributed by atoms with Crippen molar-refractivity contribution in [3.05, 3.63) is 95.4 Å². The highest BCUT2D eigenvalue weighted by Gasteiger charge is 2.15. The molecule has 1 N–H and O–H groups in total. The van der Waals surface area contributed by atoms with Crippen LogP contribution in [0.25, 0.3) is 0 Å². The maximum atomic E-state index is 12.3. The Kier molecular flexibility index (Phi) is 4.57. The van der Waals surface area contributed by atoms with Crippen molar-refractivity contribution in [1.82, 2.24) is 5.32 Å². The molecule has 0 saturated carbocycles. The molecule has 116 valence electrons. The van der Waals surface area contributed by atoms with Crippen LogP contribution >= 0.6 is 0 Å². The minimum Gasteiger partial charge on any atom is -0.456 e. The number of nitrogens with one attached hydrogen (secondary N) is 1. The van der Waals surface area contributed by atoms with E-state index in [1.165, 1.54) is 0 Å². The molecule has 1 heterocycles. The van der Waals surface area contributed by atoms with Crippen LogP contribution in [-0.4, -0.2) is 5.91 Å². The Hall–Kier alpha value is -2.81. The van der Waals surface area contributed by atoms with Crippen molar-refractivity contribution in [2.45, 2.75) is 19.4 Å². The monoisotopic (exact) mass is 305 g/mol. The summed E-state index contributed by atoms with van der Waals surface area (Å²) in [6, 6.07) is 23.4. The molecule has 1 unspecified atom stereocenters. The van der Waals surface area contributed by atoms with E-state index in [0.29, 0.717) is 12.2 Å². The molecule has 3 heteroatoms. The van der Waals surface area contributed by atoms with Crippen molar-refractivity contribution in [3.63, 3.8) is 0 Å². The van der Waals surface area contributed by atoms with E-state index < -0.39 is 0 Å². The molecule has 3 nitrogen and oxygen atoms in total. The molecule has 0 spiro atoms. The van der Waals surface area contributed by atoms with Crippen molar-refractivity contribution in [1.29, 1.82) is 0 Å². The number of furan rings is 1. The quantitative estimate of drug-likeness (QED) is 0.761. The highest BCUT2D eigenvalue weighted by molar-refractivity contribution is 5.91. The molecule has 0 fully saturated rings. The summed E-state index contributed by atoms with van der Waals surface area (Å²) in [7, 11) is 0. The van der Waals surface area contributed by atoms with E-state index in [0.717, 1.165) is 16.9 Å². The highest BCUT2D eigenvalue weighted by Crippen LogP contribution is 2.16. The second-order valence-corrected chi connectivity index (χ2v) is 5.53. The van der Waals surface area contributed by atoms with Gasteiger partial charge in [-0.2, -0.15) is 0 Å². The van der Waals surface area contributed by atoms with Crippen LogP contribution in [0.5, 0.6) is 0 Å². The van der Waals surface area contributed by atoms with Crippen molar-refractivity contribution in [3.8, 4) is 0 Å². The lowest BCUT2D eigenvalue weighted by atomic mass is 10.1. The van der Waals surface area contributed by atoms with E-state index in [9.17, 15) is 4.79 Å². The first-order valence-electron chi connectivity index (χ1n) is 7.71. The van der Waals surface area contributed by atoms with Crippen molar-refractivity contribution in [2.75, 3.05) is 0 Å². The Labute approximate surface area is 136 Å². The fraction of sp³-hybridized carbons (Fsp3) is 0.150. The Morgan fingerprint density at radius 3 is 2.30 bits per heavy atom. The largest absolute Gasteiger partial charge is 0.456 e. The number of hydrogen-bond donors (Lipinski definition) is 1. The molecule has 1 amide bonds. The first-order chi connectivity index (χ1) is 11.2. The third kappa shape index (κ3) is 3.89. The lowest BCUT2D eigenvalue weighted by Crippen LogP contribution is -2.26. The standard InChI is InChI=1S/C20H19NO2/c1-15(17-10-6-3-7-11-17)21-20(22)19-13-12-18(23-19)14-16-8-4-2-5-9-16/h2-13,15H,14H2,1H3,(H,21,22). The van der Waals surface area contributed by atoms with Crippen LogP contribution in [-0.2, 0) is 6.42 Å². The van der Waals surface area contributed by atoms with Crippen LogP contribution in [0.3, 0.4) is 0 Å². The van der Waals surface area contributed by atoms with Gasteiger partial charge < -0.3 is 9.73 Å². The van der Waals surface area contributed by atoms with Gasteiger partial charge in [-0.25, -0.2) is 0 Å². The molecule has 3 rings (SSSR count). The van der Waals surface area contributed by atoms with Gasteiger partial charge >= 0.3 is 0 Å². The summed E-state index contributed by atoms with van der Waals surface area (Å²) < 4.78 is 5.67. The van der Waals surface area contributed by atoms with Gasteiger partial charge in [0.15, 0.2) is 5.76 Å². The Morgan fingerprint density at radius 2 is 1.61 bits per heavy atom. The Morgan fingerprint density at radius 1 is 0.957 bits per heavy atom. The van der Waals surface area contributed by atoms with Crippen LogP contribution in [0.1, 0.15) is 40.4 Å². The lowest BCUT2D eigenvalue weighted by molar-refractivity contribution is 0.0910. The summed E-state index contributed by atoms with van der Waals surface area (Å²) in [4.78, 5) is 12.3. The number of carbonyl (C=O) groups is 1. The third-order valence-electron chi connectivity index (χ3n) is 3.75. The summed E-state index contributed by atoms with van der Waals surface area (Å²) in [5.74, 6) is 0.938. The fourth-order valence-electron chi connectivity index (χ4n) is 2.48. The smallest absolute Gasteiger partial charge is 0.287 e. The summed E-state index contributed by atoms with van der Waals surface area (Å²) in [5.41, 5.74) is 2.23. The molecule has 0 aliphatic rings. The Balaban J connectivity index is 1.64. The second-order valence-electron chi connectivity index (χ2n) is 5.53. The first kappa shape index (κ1) is 15.1. The third-order valence-corrected chi connectivity index (χ3v) is 3.75. The van der Waals surface area contributed by atoms with Gasteiger partial charge in [0.2, 0.25) is 0 Å². The van der Waals surface area contributed by atoms with Crippen molar-refractivity contribution in [2.24, 2.45) is 0 Å². The minimum absolute atomic E-state index is 0.0635. The van der Waals surface area contributed by atoms with E-state index in [1.54, 1.807) is 6.07 Å². The van der Waals surface area contributed by atoms with Gasteiger partial charge in [-0.1, -0.05) is 60.7 Å². The zero-order valence-corrected chi connectivity index (χ0v) is 13.0. The van der Waals surface area contributed by atoms with Crippen LogP contribution in [0.4, 0.5) is 0 Å². The molecule has 0 aliphatic carbocycles. The predicted molar refractivity (Wildman–Crippen MR) is 90.3 cm³/mol. The fourth-order valence-corrected chi connectivity index (χ4v) is 2.48. The van der Waals surface area contributed by atoms with Crippen LogP contribution in [0.2, 0.25) is 0 Å². The van der Waals surface area contributed by atoms with Gasteiger partial charge in [0, 0.05) is 6.42 Å². The molecular weight excluding hydrogens is 286 g/mol. The van der Waals surface area contributed by atoms with Crippen LogP contribution in [0.15, 0.2) is 77.2 Å². The molecule has 0 bridgehead atoms. The summed E-state index contributed by atoms with van der Waals surface area (Å²) >= 11 is 0. The van der Waals surface area contributed by atoms with Gasteiger partial charge in [0.05, 0.1) is 6.04 Å². The highest BCUT2D eigenvalue weighted by atomic mass is 16.3. The summed E-state index contributed by atoms with van der Waals surface area (Å²) in [6.07, 6.45) is 0.683. The molecule has 0 aliphatic heterocycles. The topological polar surface area (TPSA) is 42.2 Å². The molecule has 1 atom stereocenters. The van der Waals surface area contributed by atoms with E-state index in [1.807, 2.05) is 73.7 Å². The molecule has 0 radical (unpaired) electrons. The summed E-state index contributed by atoms with van der Waals surface area (Å²) in [6.45, 7) is 1.96. The lowest BCUT2D eigenvalue weighted by Gasteiger charge is -2.13. The van der Waals surface area contributed by atoms with E-state index >= 15 is 0 Å². The maximum absolute atomic E-state index is 12.3. The van der Waals surface area contributed by atoms with E-state index in [4.69, 9.17) is 4.42 Å². The molecule has 23 heavy (non-hydrogen) atoms. The number of hydrogen-bond acceptors (Lipinski definition) is 2. The number of benzene rings is 2. The molecule has 3 aromatic rings. The first-order valence-corrected chi connectivity index (χ1v) is 7.71. The molecule has 2 aromatic carbocycles. The zero-order valence-electron chi connectivity index (χ0n) is 13.0. The number of amides is 1. The number of rotatable bonds is 5. The molecular formula is C20H19NO2. The van der Waals surface area contributed by atoms with Gasteiger partial charge in [0.1, 0.15) is 5.76 Å². The average molecular weight is 305 g/mol. The van der Waals surface area contributed by atoms with Gasteiger partial charge in [-0.15, -0.1) is 0 Å². The van der Waals surface area contributed by atoms with Crippen LogP contribution in [0, 0.1) is 0 Å².